The number of fused-ring (bicyclic) bond motifs is 2. The molecule has 6 atom stereocenters. The van der Waals surface area contributed by atoms with Crippen LogP contribution in [-0.2, 0) is 52.2 Å². The second-order valence-electron chi connectivity index (χ2n) is 13.8. The van der Waals surface area contributed by atoms with Crippen molar-refractivity contribution in [2.45, 2.75) is 56.1 Å². The number of nitrogens with one attached hydrogen (secondary N) is 3. The third kappa shape index (κ3) is 14.6. The van der Waals surface area contributed by atoms with Crippen molar-refractivity contribution in [3.05, 3.63) is 77.1 Å². The van der Waals surface area contributed by atoms with Crippen LogP contribution in [0.5, 0.6) is 11.5 Å². The lowest BCUT2D eigenvalue weighted by Gasteiger charge is -2.35. The predicted molar refractivity (Wildman–Crippen MR) is 215 cm³/mol. The van der Waals surface area contributed by atoms with Crippen molar-refractivity contribution in [3.63, 3.8) is 0 Å². The molecule has 338 valence electrons. The first-order valence-electron chi connectivity index (χ1n) is 18.6. The number of carboxylic acid groups (broad SMARTS) is 4. The topological polar surface area (TPSA) is 382 Å². The van der Waals surface area contributed by atoms with Gasteiger partial charge < -0.3 is 56.3 Å². The van der Waals surface area contributed by atoms with Crippen molar-refractivity contribution in [3.8, 4) is 11.5 Å². The van der Waals surface area contributed by atoms with Crippen LogP contribution in [0.25, 0.3) is 0 Å². The van der Waals surface area contributed by atoms with Crippen LogP contribution >= 0.6 is 19.5 Å². The summed E-state index contributed by atoms with van der Waals surface area (Å²) >= 11 is 0.925. The van der Waals surface area contributed by atoms with Gasteiger partial charge in [-0.05, 0) is 42.7 Å². The van der Waals surface area contributed by atoms with Crippen LogP contribution in [0.4, 0.5) is 5.69 Å². The molecule has 1 aliphatic carbocycles. The van der Waals surface area contributed by atoms with Gasteiger partial charge in [-0.2, -0.15) is 11.8 Å². The number of carbonyl (C=O) groups excluding carboxylic acids is 5. The number of aromatic carboxylic acids is 1. The van der Waals surface area contributed by atoms with Gasteiger partial charge in [0.15, 0.2) is 11.8 Å². The Labute approximate surface area is 360 Å². The molecule has 1 heterocycles. The van der Waals surface area contributed by atoms with Gasteiger partial charge in [0.2, 0.25) is 11.8 Å². The smallest absolute Gasteiger partial charge is 0.403 e. The molecular weight excluding hydrogens is 879 g/mol. The molecule has 11 N–H and O–H groups in total. The van der Waals surface area contributed by atoms with E-state index in [1.54, 1.807) is 17.2 Å². The molecule has 0 spiro atoms. The van der Waals surface area contributed by atoms with Crippen LogP contribution in [0.15, 0.2) is 60.4 Å². The van der Waals surface area contributed by atoms with Gasteiger partial charge in [0.1, 0.15) is 29.3 Å². The minimum absolute atomic E-state index is 0.0803. The molecule has 2 aromatic rings. The van der Waals surface area contributed by atoms with E-state index in [0.29, 0.717) is 11.1 Å². The number of ketones is 1. The number of hydrogen-bond donors (Lipinski definition) is 10. The lowest BCUT2D eigenvalue weighted by atomic mass is 9.74. The number of esters is 2. The molecule has 2 aromatic carbocycles. The maximum atomic E-state index is 12.9. The average molecular weight is 921 g/mol. The molecule has 0 saturated heterocycles. The number of rotatable bonds is 23. The van der Waals surface area contributed by atoms with Crippen LogP contribution < -0.4 is 26.2 Å². The van der Waals surface area contributed by atoms with Crippen molar-refractivity contribution < 1.29 is 92.1 Å². The number of hydrogen-bond acceptors (Lipinski definition) is 16. The standard InChI is InChI=1S/C38H41N4O19PS/c39-25(36(52)53)7-10-33(49)61-38(56)27(16-59-62(57,58)42-26(37(54)55)8-9-32(47)48)41-30(45)11-12-63-17-31(46)40-18-1-4-21(24(13-18)35(50)51)34-22-5-2-19(43)14-28(22)60-29-15-20(44)3-6-23(29)34/h1-6,13-15,22,25-27,34,44H,7-12,16-17,39H2,(H,40,46)(H,41,45)(H,47,48)(H,50,51)(H,52,53)(H,54,55)(H2,42,57,58)/t22?,25-,26-,27-,34?/m0/s1. The minimum atomic E-state index is -5.14. The number of thioether (sulfide) groups is 1. The van der Waals surface area contributed by atoms with Gasteiger partial charge in [0, 0.05) is 60.2 Å². The summed E-state index contributed by atoms with van der Waals surface area (Å²) in [5.74, 6) is -11.8. The fraction of sp³-hybridized carbons (Fsp3) is 0.342. The summed E-state index contributed by atoms with van der Waals surface area (Å²) in [7, 11) is -5.14. The van der Waals surface area contributed by atoms with Gasteiger partial charge >= 0.3 is 43.6 Å². The summed E-state index contributed by atoms with van der Waals surface area (Å²) in [5.41, 5.74) is 6.13. The number of aromatic hydroxyl groups is 1. The van der Waals surface area contributed by atoms with Crippen molar-refractivity contribution in [1.82, 2.24) is 10.4 Å². The molecule has 63 heavy (non-hydrogen) atoms. The molecule has 1 aliphatic heterocycles. The Kier molecular flexibility index (Phi) is 17.3. The SMILES string of the molecule is N[C@@H](CCC(=O)OC(=O)[C@H](COP(=O)(O)N[C@@H](CCC(=O)O)C(=O)O)NC(=O)CCSCC(=O)Nc1ccc(C2c3ccc(O)cc3OC3=CC(=O)C=CC32)c(C(=O)O)c1)C(=O)O. The maximum absolute atomic E-state index is 12.9. The van der Waals surface area contributed by atoms with Crippen molar-refractivity contribution >= 4 is 78.6 Å². The highest BCUT2D eigenvalue weighted by Crippen LogP contribution is 2.49. The molecule has 2 aliphatic rings. The van der Waals surface area contributed by atoms with Crippen molar-refractivity contribution in [2.24, 2.45) is 11.7 Å². The molecule has 4 rings (SSSR count). The van der Waals surface area contributed by atoms with Gasteiger partial charge in [0.25, 0.3) is 0 Å². The third-order valence-electron chi connectivity index (χ3n) is 9.10. The lowest BCUT2D eigenvalue weighted by molar-refractivity contribution is -0.162. The molecule has 0 radical (unpaired) electrons. The predicted octanol–water partition coefficient (Wildman–Crippen LogP) is 1.09. The highest BCUT2D eigenvalue weighted by Gasteiger charge is 2.39. The molecule has 0 bridgehead atoms. The normalized spacial score (nSPS) is 17.5. The van der Waals surface area contributed by atoms with Crippen molar-refractivity contribution in [1.29, 1.82) is 0 Å². The zero-order chi connectivity index (χ0) is 46.6. The number of aliphatic carboxylic acids is 3. The number of benzene rings is 2. The summed E-state index contributed by atoms with van der Waals surface area (Å²) in [5, 5.41) is 53.7. The van der Waals surface area contributed by atoms with Crippen LogP contribution in [0.3, 0.4) is 0 Å². The first kappa shape index (κ1) is 49.2. The van der Waals surface area contributed by atoms with Gasteiger partial charge in [-0.25, -0.2) is 19.2 Å². The number of phenolic OH excluding ortho intramolecular Hbond substituents is 1. The molecule has 0 saturated carbocycles. The van der Waals surface area contributed by atoms with Crippen LogP contribution in [-0.4, -0.2) is 120 Å². The van der Waals surface area contributed by atoms with E-state index in [-0.39, 0.29) is 45.8 Å². The molecule has 25 heteroatoms. The molecule has 0 fully saturated rings. The molecule has 2 amide bonds. The minimum Gasteiger partial charge on any atom is -0.508 e. The van der Waals surface area contributed by atoms with Gasteiger partial charge in [-0.15, -0.1) is 0 Å². The Bertz CT molecular complexity index is 2280. The summed E-state index contributed by atoms with van der Waals surface area (Å²) in [6.07, 6.45) is 1.32. The first-order chi connectivity index (χ1) is 29.6. The summed E-state index contributed by atoms with van der Waals surface area (Å²) in [6.45, 7) is -1.19. The number of ether oxygens (including phenoxy) is 2. The molecule has 23 nitrogen and oxygen atoms in total. The zero-order valence-electron chi connectivity index (χ0n) is 32.7. The third-order valence-corrected chi connectivity index (χ3v) is 11.2. The van der Waals surface area contributed by atoms with E-state index in [1.807, 2.05) is 0 Å². The lowest BCUT2D eigenvalue weighted by Crippen LogP contribution is -2.46. The number of amides is 2. The number of carboxylic acids is 4. The van der Waals surface area contributed by atoms with Gasteiger partial charge in [-0.1, -0.05) is 18.2 Å². The summed E-state index contributed by atoms with van der Waals surface area (Å²) < 4.78 is 27.9. The van der Waals surface area contributed by atoms with E-state index >= 15 is 0 Å². The zero-order valence-corrected chi connectivity index (χ0v) is 34.4. The number of phenols is 1. The average Bonchev–Trinajstić information content (AvgIpc) is 3.20. The van der Waals surface area contributed by atoms with E-state index < -0.39 is 124 Å². The van der Waals surface area contributed by atoms with Crippen molar-refractivity contribution in [2.75, 3.05) is 23.4 Å². The van der Waals surface area contributed by atoms with E-state index in [9.17, 15) is 67.9 Å². The van der Waals surface area contributed by atoms with E-state index in [1.165, 1.54) is 42.5 Å². The number of allylic oxidation sites excluding steroid dienone is 3. The van der Waals surface area contributed by atoms with Crippen LogP contribution in [0.2, 0.25) is 0 Å². The van der Waals surface area contributed by atoms with Crippen LogP contribution in [0, 0.1) is 5.92 Å². The Morgan fingerprint density at radius 3 is 2.27 bits per heavy atom. The van der Waals surface area contributed by atoms with Gasteiger partial charge in [0.05, 0.1) is 17.9 Å². The summed E-state index contributed by atoms with van der Waals surface area (Å²) in [6, 6.07) is 3.19. The first-order valence-corrected chi connectivity index (χ1v) is 21.3. The van der Waals surface area contributed by atoms with Gasteiger partial charge in [-0.3, -0.25) is 38.1 Å². The Morgan fingerprint density at radius 2 is 1.60 bits per heavy atom. The van der Waals surface area contributed by atoms with Crippen LogP contribution in [0.1, 0.15) is 59.5 Å². The maximum Gasteiger partial charge on any atom is 0.403 e. The second kappa shape index (κ2) is 22.1. The van der Waals surface area contributed by atoms with E-state index in [4.69, 9.17) is 25.2 Å². The fourth-order valence-corrected chi connectivity index (χ4v) is 7.90. The molecular formula is C38H41N4O19PS. The quantitative estimate of drug-likeness (QED) is 0.0323. The largest absolute Gasteiger partial charge is 0.508 e. The number of carbonyl (C=O) groups is 9. The Balaban J connectivity index is 1.37. The number of nitrogens with two attached hydrogens (primary N) is 1. The van der Waals surface area contributed by atoms with E-state index in [0.717, 1.165) is 11.8 Å². The second-order valence-corrected chi connectivity index (χ2v) is 16.4. The Morgan fingerprint density at radius 1 is 0.889 bits per heavy atom. The number of anilines is 1. The summed E-state index contributed by atoms with van der Waals surface area (Å²) in [4.78, 5) is 119. The fourth-order valence-electron chi connectivity index (χ4n) is 6.10. The monoisotopic (exact) mass is 920 g/mol. The molecule has 0 aromatic heterocycles. The highest BCUT2D eigenvalue weighted by atomic mass is 32.2. The highest BCUT2D eigenvalue weighted by molar-refractivity contribution is 7.99. The Hall–Kier alpha value is -6.43. The van der Waals surface area contributed by atoms with E-state index in [2.05, 4.69) is 15.4 Å². The molecule has 3 unspecified atom stereocenters.